The first-order chi connectivity index (χ1) is 13.0. The maximum atomic E-state index is 12.9. The smallest absolute Gasteiger partial charge is 0.336 e. The van der Waals surface area contributed by atoms with Crippen molar-refractivity contribution in [2.45, 2.75) is 96.3 Å². The van der Waals surface area contributed by atoms with Gasteiger partial charge in [0.1, 0.15) is 18.3 Å². The van der Waals surface area contributed by atoms with Gasteiger partial charge in [0.15, 0.2) is 0 Å². The average Bonchev–Trinajstić information content (AvgIpc) is 3.55. The van der Waals surface area contributed by atoms with Crippen molar-refractivity contribution in [3.63, 3.8) is 0 Å². The van der Waals surface area contributed by atoms with Crippen molar-refractivity contribution in [1.82, 2.24) is 13.7 Å². The second kappa shape index (κ2) is 7.03. The van der Waals surface area contributed by atoms with Crippen molar-refractivity contribution in [2.75, 3.05) is 0 Å². The van der Waals surface area contributed by atoms with Gasteiger partial charge in [-0.3, -0.25) is 0 Å². The molecular weight excluding hydrogens is 354 g/mol. The molecule has 150 valence electrons. The average molecular weight is 381 g/mol. The van der Waals surface area contributed by atoms with Crippen molar-refractivity contribution in [1.29, 1.82) is 0 Å². The Morgan fingerprint density at radius 1 is 0.556 bits per heavy atom. The Labute approximate surface area is 156 Å². The van der Waals surface area contributed by atoms with E-state index in [1.807, 2.05) is 20.8 Å². The van der Waals surface area contributed by atoms with Gasteiger partial charge in [-0.2, -0.15) is 0 Å². The summed E-state index contributed by atoms with van der Waals surface area (Å²) in [5.74, 6) is 0. The molecule has 0 aromatic carbocycles. The minimum atomic E-state index is -0.583. The second-order valence-electron chi connectivity index (χ2n) is 7.54. The number of ether oxygens (including phenoxy) is 3. The highest BCUT2D eigenvalue weighted by Crippen LogP contribution is 2.27. The molecule has 0 aliphatic carbocycles. The Bertz CT molecular complexity index is 742. The van der Waals surface area contributed by atoms with Gasteiger partial charge < -0.3 is 14.2 Å². The van der Waals surface area contributed by atoms with Gasteiger partial charge in [0.25, 0.3) is 0 Å². The van der Waals surface area contributed by atoms with Crippen LogP contribution >= 0.6 is 0 Å². The molecule has 27 heavy (non-hydrogen) atoms. The summed E-state index contributed by atoms with van der Waals surface area (Å²) in [6.07, 6.45) is 2.23. The van der Waals surface area contributed by atoms with Crippen LogP contribution in [0.5, 0.6) is 0 Å². The molecule has 4 heterocycles. The molecule has 0 saturated carbocycles. The lowest BCUT2D eigenvalue weighted by atomic mass is 10.2. The molecule has 0 spiro atoms. The Hall–Kier alpha value is -1.71. The molecule has 3 saturated heterocycles. The molecule has 3 fully saturated rings. The first-order valence-corrected chi connectivity index (χ1v) is 9.89. The number of nitrogens with zero attached hydrogens (tertiary/aromatic N) is 3. The van der Waals surface area contributed by atoms with Gasteiger partial charge in [0.2, 0.25) is 0 Å². The van der Waals surface area contributed by atoms with Crippen molar-refractivity contribution in [2.24, 2.45) is 0 Å². The zero-order valence-corrected chi connectivity index (χ0v) is 16.0. The molecule has 3 aliphatic heterocycles. The van der Waals surface area contributed by atoms with Crippen molar-refractivity contribution in [3.8, 4) is 0 Å². The zero-order chi connectivity index (χ0) is 19.3. The first-order valence-electron chi connectivity index (χ1n) is 9.89. The molecule has 0 bridgehead atoms. The molecule has 0 N–H and O–H groups in total. The fourth-order valence-corrected chi connectivity index (χ4v) is 3.79. The van der Waals surface area contributed by atoms with Gasteiger partial charge in [0.05, 0.1) is 37.9 Å². The van der Waals surface area contributed by atoms with E-state index in [1.54, 1.807) is 0 Å². The standard InChI is InChI=1S/C18H27N3O6/c1-4-10-13(25-10)7-19-16(22)20(8-14-11(5-2)26-14)18(24)21(17(19)23)9-15-12(6-3)27-15/h10-15H,4-9H2,1-3H3. The third-order valence-electron chi connectivity index (χ3n) is 5.74. The molecular formula is C18H27N3O6. The fourth-order valence-electron chi connectivity index (χ4n) is 3.79. The first kappa shape index (κ1) is 18.6. The molecule has 1 aromatic heterocycles. The van der Waals surface area contributed by atoms with Crippen LogP contribution in [0.4, 0.5) is 0 Å². The monoisotopic (exact) mass is 381 g/mol. The van der Waals surface area contributed by atoms with Gasteiger partial charge in [0, 0.05) is 0 Å². The second-order valence-corrected chi connectivity index (χ2v) is 7.54. The number of epoxide rings is 3. The molecule has 9 heteroatoms. The van der Waals surface area contributed by atoms with E-state index in [-0.39, 0.29) is 56.3 Å². The lowest BCUT2D eigenvalue weighted by Gasteiger charge is -2.12. The van der Waals surface area contributed by atoms with Crippen LogP contribution in [0.1, 0.15) is 40.0 Å². The Morgan fingerprint density at radius 3 is 1.00 bits per heavy atom. The van der Waals surface area contributed by atoms with E-state index in [4.69, 9.17) is 14.2 Å². The molecule has 9 nitrogen and oxygen atoms in total. The summed E-state index contributed by atoms with van der Waals surface area (Å²) in [4.78, 5) is 38.6. The van der Waals surface area contributed by atoms with E-state index in [1.165, 1.54) is 0 Å². The Morgan fingerprint density at radius 2 is 0.815 bits per heavy atom. The highest BCUT2D eigenvalue weighted by Gasteiger charge is 2.42. The summed E-state index contributed by atoms with van der Waals surface area (Å²) >= 11 is 0. The van der Waals surface area contributed by atoms with Gasteiger partial charge in [-0.05, 0) is 19.3 Å². The predicted octanol–water partition coefficient (Wildman–Crippen LogP) is -0.296. The summed E-state index contributed by atoms with van der Waals surface area (Å²) in [6.45, 7) is 6.50. The zero-order valence-electron chi connectivity index (χ0n) is 16.0. The third kappa shape index (κ3) is 3.55. The summed E-state index contributed by atoms with van der Waals surface area (Å²) in [5, 5.41) is 0. The number of hydrogen-bond acceptors (Lipinski definition) is 6. The lowest BCUT2D eigenvalue weighted by Crippen LogP contribution is -2.56. The van der Waals surface area contributed by atoms with E-state index >= 15 is 0 Å². The lowest BCUT2D eigenvalue weighted by molar-refractivity contribution is 0.314. The maximum Gasteiger partial charge on any atom is 0.336 e. The largest absolute Gasteiger partial charge is 0.368 e. The van der Waals surface area contributed by atoms with E-state index in [0.717, 1.165) is 33.0 Å². The van der Waals surface area contributed by atoms with Crippen LogP contribution in [0.2, 0.25) is 0 Å². The molecule has 3 aliphatic rings. The quantitative estimate of drug-likeness (QED) is 0.544. The third-order valence-corrected chi connectivity index (χ3v) is 5.74. The molecule has 6 unspecified atom stereocenters. The Kier molecular flexibility index (Phi) is 4.85. The summed E-state index contributed by atoms with van der Waals surface area (Å²) in [6, 6.07) is 0. The molecule has 0 amide bonds. The molecule has 4 rings (SSSR count). The van der Waals surface area contributed by atoms with E-state index < -0.39 is 17.1 Å². The normalized spacial score (nSPS) is 33.9. The van der Waals surface area contributed by atoms with Gasteiger partial charge in [-0.15, -0.1) is 0 Å². The van der Waals surface area contributed by atoms with Gasteiger partial charge >= 0.3 is 17.1 Å². The van der Waals surface area contributed by atoms with Crippen molar-refractivity contribution in [3.05, 3.63) is 31.5 Å². The summed E-state index contributed by atoms with van der Waals surface area (Å²) in [7, 11) is 0. The van der Waals surface area contributed by atoms with Crippen molar-refractivity contribution >= 4 is 0 Å². The van der Waals surface area contributed by atoms with Crippen LogP contribution < -0.4 is 17.1 Å². The minimum Gasteiger partial charge on any atom is -0.368 e. The van der Waals surface area contributed by atoms with Crippen LogP contribution in [-0.4, -0.2) is 50.3 Å². The molecule has 6 atom stereocenters. The van der Waals surface area contributed by atoms with Gasteiger partial charge in [-0.25, -0.2) is 28.1 Å². The van der Waals surface area contributed by atoms with E-state index in [2.05, 4.69) is 0 Å². The van der Waals surface area contributed by atoms with E-state index in [0.29, 0.717) is 0 Å². The van der Waals surface area contributed by atoms with Crippen LogP contribution in [0, 0.1) is 0 Å². The summed E-state index contributed by atoms with van der Waals surface area (Å²) in [5.41, 5.74) is -1.75. The molecule has 1 aromatic rings. The minimum absolute atomic E-state index is 0.0672. The Balaban J connectivity index is 1.67. The van der Waals surface area contributed by atoms with Crippen LogP contribution in [-0.2, 0) is 33.8 Å². The topological polar surface area (TPSA) is 104 Å². The van der Waals surface area contributed by atoms with Gasteiger partial charge in [-0.1, -0.05) is 20.8 Å². The summed E-state index contributed by atoms with van der Waals surface area (Å²) < 4.78 is 19.9. The maximum absolute atomic E-state index is 12.9. The van der Waals surface area contributed by atoms with E-state index in [9.17, 15) is 14.4 Å². The van der Waals surface area contributed by atoms with Crippen LogP contribution in [0.15, 0.2) is 14.4 Å². The van der Waals surface area contributed by atoms with Crippen LogP contribution in [0.25, 0.3) is 0 Å². The predicted molar refractivity (Wildman–Crippen MR) is 96.1 cm³/mol. The fraction of sp³-hybridized carbons (Fsp3) is 0.833. The number of rotatable bonds is 9. The highest BCUT2D eigenvalue weighted by molar-refractivity contribution is 4.92. The van der Waals surface area contributed by atoms with Crippen LogP contribution in [0.3, 0.4) is 0 Å². The molecule has 0 radical (unpaired) electrons. The number of aromatic nitrogens is 3. The SMILES string of the molecule is CCC1OC1Cn1c(=O)n(CC2OC2CC)c(=O)n(CC2OC2CC)c1=O. The number of hydrogen-bond donors (Lipinski definition) is 0. The highest BCUT2D eigenvalue weighted by atomic mass is 16.6. The van der Waals surface area contributed by atoms with Crippen molar-refractivity contribution < 1.29 is 14.2 Å².